The Morgan fingerprint density at radius 1 is 1.33 bits per heavy atom. The van der Waals surface area contributed by atoms with E-state index in [9.17, 15) is 0 Å². The van der Waals surface area contributed by atoms with Crippen molar-refractivity contribution in [3.63, 3.8) is 0 Å². The minimum Gasteiger partial charge on any atom is -0.314 e. The normalized spacial score (nSPS) is 16.1. The molecule has 1 atom stereocenters. The Morgan fingerprint density at radius 2 is 2.14 bits per heavy atom. The van der Waals surface area contributed by atoms with Crippen LogP contribution in [0.15, 0.2) is 29.6 Å². The van der Waals surface area contributed by atoms with Gasteiger partial charge in [-0.3, -0.25) is 0 Å². The molecule has 1 saturated carbocycles. The Labute approximate surface area is 135 Å². The molecule has 0 saturated heterocycles. The Kier molecular flexibility index (Phi) is 4.94. The summed E-state index contributed by atoms with van der Waals surface area (Å²) in [6.45, 7) is 3.11. The third kappa shape index (κ3) is 4.53. The topological polar surface area (TPSA) is 24.9 Å². The number of aromatic nitrogens is 1. The summed E-state index contributed by atoms with van der Waals surface area (Å²) in [4.78, 5) is 4.62. The quantitative estimate of drug-likeness (QED) is 0.824. The van der Waals surface area contributed by atoms with Crippen LogP contribution in [-0.2, 0) is 12.8 Å². The van der Waals surface area contributed by atoms with E-state index < -0.39 is 0 Å². The predicted octanol–water partition coefficient (Wildman–Crippen LogP) is 4.26. The average Bonchev–Trinajstić information content (AvgIpc) is 3.21. The highest BCUT2D eigenvalue weighted by Crippen LogP contribution is 2.24. The molecule has 1 heterocycles. The molecule has 1 aliphatic rings. The Hall–Kier alpha value is -0.900. The lowest BCUT2D eigenvalue weighted by molar-refractivity contribution is 0.468. The third-order valence-corrected chi connectivity index (χ3v) is 5.23. The van der Waals surface area contributed by atoms with Gasteiger partial charge in [0, 0.05) is 28.6 Å². The fraction of sp³-hybridized carbons (Fsp3) is 0.471. The number of benzene rings is 1. The van der Waals surface area contributed by atoms with E-state index in [4.69, 9.17) is 11.6 Å². The number of hydrogen-bond acceptors (Lipinski definition) is 3. The second-order valence-corrected chi connectivity index (χ2v) is 7.28. The van der Waals surface area contributed by atoms with E-state index in [2.05, 4.69) is 34.7 Å². The summed E-state index contributed by atoms with van der Waals surface area (Å²) in [5.74, 6) is 0.552. The van der Waals surface area contributed by atoms with Crippen molar-refractivity contribution >= 4 is 22.9 Å². The molecule has 1 aromatic heterocycles. The van der Waals surface area contributed by atoms with Gasteiger partial charge in [-0.05, 0) is 50.3 Å². The highest BCUT2D eigenvalue weighted by Gasteiger charge is 2.23. The van der Waals surface area contributed by atoms with E-state index in [1.807, 2.05) is 12.1 Å². The van der Waals surface area contributed by atoms with Crippen LogP contribution in [0.3, 0.4) is 0 Å². The van der Waals surface area contributed by atoms with Crippen LogP contribution < -0.4 is 5.32 Å². The molecule has 1 aliphatic carbocycles. The largest absolute Gasteiger partial charge is 0.314 e. The van der Waals surface area contributed by atoms with Gasteiger partial charge >= 0.3 is 0 Å². The van der Waals surface area contributed by atoms with Crippen LogP contribution in [0.5, 0.6) is 0 Å². The van der Waals surface area contributed by atoms with Gasteiger partial charge in [-0.15, -0.1) is 11.3 Å². The summed E-state index contributed by atoms with van der Waals surface area (Å²) >= 11 is 8.09. The van der Waals surface area contributed by atoms with E-state index in [0.29, 0.717) is 5.92 Å². The molecule has 1 N–H and O–H groups in total. The standard InChI is InChI=1S/C17H21ClN2S/c1-12-11-21-17(20-12)9-13(10-19-15-6-7-15)8-14-4-2-3-5-16(14)18/h2-5,11,13,15,19H,6-10H2,1H3. The molecule has 0 amide bonds. The summed E-state index contributed by atoms with van der Waals surface area (Å²) in [6.07, 6.45) is 4.70. The van der Waals surface area contributed by atoms with Gasteiger partial charge in [0.25, 0.3) is 0 Å². The molecule has 1 aromatic carbocycles. The summed E-state index contributed by atoms with van der Waals surface area (Å²) in [6, 6.07) is 8.93. The number of rotatable bonds is 7. The van der Waals surface area contributed by atoms with Crippen molar-refractivity contribution in [2.45, 2.75) is 38.6 Å². The summed E-state index contributed by atoms with van der Waals surface area (Å²) in [5.41, 5.74) is 2.37. The molecule has 2 aromatic rings. The van der Waals surface area contributed by atoms with Crippen LogP contribution in [0.4, 0.5) is 0 Å². The van der Waals surface area contributed by atoms with Crippen molar-refractivity contribution in [1.29, 1.82) is 0 Å². The Morgan fingerprint density at radius 3 is 2.81 bits per heavy atom. The van der Waals surface area contributed by atoms with Crippen molar-refractivity contribution in [3.8, 4) is 0 Å². The van der Waals surface area contributed by atoms with Crippen molar-refractivity contribution in [1.82, 2.24) is 10.3 Å². The van der Waals surface area contributed by atoms with E-state index in [1.165, 1.54) is 23.4 Å². The van der Waals surface area contributed by atoms with Crippen LogP contribution in [0, 0.1) is 12.8 Å². The molecule has 0 bridgehead atoms. The lowest BCUT2D eigenvalue weighted by Gasteiger charge is -2.17. The molecule has 0 radical (unpaired) electrons. The van der Waals surface area contributed by atoms with Crippen LogP contribution >= 0.6 is 22.9 Å². The molecule has 4 heteroatoms. The van der Waals surface area contributed by atoms with Crippen LogP contribution in [0.2, 0.25) is 5.02 Å². The molecule has 3 rings (SSSR count). The highest BCUT2D eigenvalue weighted by molar-refractivity contribution is 7.09. The fourth-order valence-electron chi connectivity index (χ4n) is 2.56. The van der Waals surface area contributed by atoms with E-state index in [0.717, 1.165) is 36.1 Å². The predicted molar refractivity (Wildman–Crippen MR) is 90.2 cm³/mol. The summed E-state index contributed by atoms with van der Waals surface area (Å²) in [5, 5.41) is 7.91. The van der Waals surface area contributed by atoms with E-state index in [1.54, 1.807) is 11.3 Å². The van der Waals surface area contributed by atoms with Gasteiger partial charge in [-0.1, -0.05) is 29.8 Å². The average molecular weight is 321 g/mol. The van der Waals surface area contributed by atoms with Gasteiger partial charge in [0.05, 0.1) is 5.01 Å². The van der Waals surface area contributed by atoms with Gasteiger partial charge in [0.15, 0.2) is 0 Å². The Bertz CT molecular complexity index is 592. The molecular weight excluding hydrogens is 300 g/mol. The zero-order chi connectivity index (χ0) is 14.7. The molecule has 1 unspecified atom stereocenters. The van der Waals surface area contributed by atoms with Crippen molar-refractivity contribution < 1.29 is 0 Å². The maximum atomic E-state index is 6.32. The number of thiazole rings is 1. The van der Waals surface area contributed by atoms with Crippen molar-refractivity contribution in [3.05, 3.63) is 50.9 Å². The fourth-order valence-corrected chi connectivity index (χ4v) is 3.66. The lowest BCUT2D eigenvalue weighted by Crippen LogP contribution is -2.27. The first-order valence-corrected chi connectivity index (χ1v) is 8.84. The molecule has 0 aliphatic heterocycles. The molecular formula is C17H21ClN2S. The van der Waals surface area contributed by atoms with Crippen LogP contribution in [-0.4, -0.2) is 17.6 Å². The van der Waals surface area contributed by atoms with E-state index in [-0.39, 0.29) is 0 Å². The summed E-state index contributed by atoms with van der Waals surface area (Å²) in [7, 11) is 0. The van der Waals surface area contributed by atoms with Gasteiger partial charge in [-0.2, -0.15) is 0 Å². The number of nitrogens with one attached hydrogen (secondary N) is 1. The van der Waals surface area contributed by atoms with Crippen molar-refractivity contribution in [2.24, 2.45) is 5.92 Å². The minimum absolute atomic E-state index is 0.552. The number of hydrogen-bond donors (Lipinski definition) is 1. The first-order chi connectivity index (χ1) is 10.2. The maximum Gasteiger partial charge on any atom is 0.0931 e. The first kappa shape index (κ1) is 15.0. The zero-order valence-corrected chi connectivity index (χ0v) is 13.9. The second kappa shape index (κ2) is 6.91. The highest BCUT2D eigenvalue weighted by atomic mass is 35.5. The number of halogens is 1. The maximum absolute atomic E-state index is 6.32. The monoisotopic (exact) mass is 320 g/mol. The van der Waals surface area contributed by atoms with Gasteiger partial charge in [0.2, 0.25) is 0 Å². The second-order valence-electron chi connectivity index (χ2n) is 5.93. The molecule has 0 spiro atoms. The smallest absolute Gasteiger partial charge is 0.0931 e. The lowest BCUT2D eigenvalue weighted by atomic mass is 9.96. The number of nitrogens with zero attached hydrogens (tertiary/aromatic N) is 1. The third-order valence-electron chi connectivity index (χ3n) is 3.87. The van der Waals surface area contributed by atoms with Gasteiger partial charge in [-0.25, -0.2) is 4.98 Å². The molecule has 2 nitrogen and oxygen atoms in total. The van der Waals surface area contributed by atoms with Crippen LogP contribution in [0.1, 0.15) is 29.1 Å². The summed E-state index contributed by atoms with van der Waals surface area (Å²) < 4.78 is 0. The zero-order valence-electron chi connectivity index (χ0n) is 12.3. The minimum atomic E-state index is 0.552. The van der Waals surface area contributed by atoms with E-state index >= 15 is 0 Å². The van der Waals surface area contributed by atoms with Crippen molar-refractivity contribution in [2.75, 3.05) is 6.54 Å². The molecule has 1 fully saturated rings. The SMILES string of the molecule is Cc1csc(CC(CNC2CC2)Cc2ccccc2Cl)n1. The van der Waals surface area contributed by atoms with Gasteiger partial charge in [0.1, 0.15) is 0 Å². The molecule has 112 valence electrons. The number of aryl methyl sites for hydroxylation is 1. The first-order valence-electron chi connectivity index (χ1n) is 7.58. The van der Waals surface area contributed by atoms with Gasteiger partial charge < -0.3 is 5.32 Å². The Balaban J connectivity index is 1.67. The molecule has 21 heavy (non-hydrogen) atoms. The van der Waals surface area contributed by atoms with Crippen LogP contribution in [0.25, 0.3) is 0 Å².